The number of aliphatic hydroxyl groups is 1. The molecule has 1 aromatic heterocycles. The van der Waals surface area contributed by atoms with Crippen LogP contribution >= 0.6 is 0 Å². The fourth-order valence-corrected chi connectivity index (χ4v) is 2.07. The van der Waals surface area contributed by atoms with Gasteiger partial charge >= 0.3 is 0 Å². The molecule has 0 saturated heterocycles. The van der Waals surface area contributed by atoms with Gasteiger partial charge in [-0.05, 0) is 55.2 Å². The van der Waals surface area contributed by atoms with E-state index in [1.54, 1.807) is 6.26 Å². The summed E-state index contributed by atoms with van der Waals surface area (Å²) in [6.07, 6.45) is 1.66. The molecule has 1 N–H and O–H groups in total. The zero-order chi connectivity index (χ0) is 12.4. The molecule has 0 amide bonds. The van der Waals surface area contributed by atoms with Gasteiger partial charge in [-0.3, -0.25) is 0 Å². The van der Waals surface area contributed by atoms with E-state index in [2.05, 4.69) is 26.0 Å². The van der Waals surface area contributed by atoms with Crippen LogP contribution in [0.5, 0.6) is 0 Å². The first-order valence-electron chi connectivity index (χ1n) is 5.86. The summed E-state index contributed by atoms with van der Waals surface area (Å²) in [5, 5.41) is 10.2. The van der Waals surface area contributed by atoms with Crippen LogP contribution in [0.25, 0.3) is 0 Å². The number of aryl methyl sites for hydroxylation is 3. The Balaban J connectivity index is 2.24. The van der Waals surface area contributed by atoms with Crippen molar-refractivity contribution in [3.63, 3.8) is 0 Å². The van der Waals surface area contributed by atoms with E-state index in [1.807, 2.05) is 19.1 Å². The monoisotopic (exact) mass is 230 g/mol. The van der Waals surface area contributed by atoms with Crippen LogP contribution in [0, 0.1) is 20.8 Å². The Bertz CT molecular complexity index is 498. The highest BCUT2D eigenvalue weighted by Gasteiger charge is 2.13. The molecule has 90 valence electrons. The lowest BCUT2D eigenvalue weighted by Crippen LogP contribution is -2.04. The third kappa shape index (κ3) is 2.59. The number of hydrogen-bond donors (Lipinski definition) is 1. The van der Waals surface area contributed by atoms with Crippen LogP contribution < -0.4 is 0 Å². The number of hydrogen-bond acceptors (Lipinski definition) is 2. The van der Waals surface area contributed by atoms with Gasteiger partial charge in [0.05, 0.1) is 12.4 Å². The van der Waals surface area contributed by atoms with Crippen LogP contribution in [0.2, 0.25) is 0 Å². The highest BCUT2D eigenvalue weighted by Crippen LogP contribution is 2.24. The van der Waals surface area contributed by atoms with E-state index in [1.165, 1.54) is 11.1 Å². The molecule has 0 spiro atoms. The van der Waals surface area contributed by atoms with Gasteiger partial charge in [0.2, 0.25) is 0 Å². The fraction of sp³-hybridized carbons (Fsp3) is 0.333. The van der Waals surface area contributed by atoms with Crippen LogP contribution in [0.1, 0.15) is 34.1 Å². The van der Waals surface area contributed by atoms with Crippen molar-refractivity contribution in [2.24, 2.45) is 0 Å². The van der Waals surface area contributed by atoms with Crippen molar-refractivity contribution in [3.8, 4) is 0 Å². The molecule has 0 saturated carbocycles. The average Bonchev–Trinajstić information content (AvgIpc) is 2.76. The molecule has 17 heavy (non-hydrogen) atoms. The van der Waals surface area contributed by atoms with Crippen molar-refractivity contribution in [1.82, 2.24) is 0 Å². The first-order chi connectivity index (χ1) is 8.08. The highest BCUT2D eigenvalue weighted by atomic mass is 16.3. The Hall–Kier alpha value is -1.54. The Morgan fingerprint density at radius 1 is 1.12 bits per heavy atom. The lowest BCUT2D eigenvalue weighted by atomic mass is 9.95. The second kappa shape index (κ2) is 4.76. The molecule has 0 aliphatic carbocycles. The van der Waals surface area contributed by atoms with Crippen molar-refractivity contribution >= 4 is 0 Å². The molecule has 1 atom stereocenters. The Kier molecular flexibility index (Phi) is 3.34. The van der Waals surface area contributed by atoms with Crippen molar-refractivity contribution in [3.05, 3.63) is 58.5 Å². The molecule has 2 rings (SSSR count). The largest absolute Gasteiger partial charge is 0.469 e. The molecule has 0 bridgehead atoms. The first-order valence-corrected chi connectivity index (χ1v) is 5.86. The predicted molar refractivity (Wildman–Crippen MR) is 68.0 cm³/mol. The molecular formula is C15H18O2. The van der Waals surface area contributed by atoms with Crippen molar-refractivity contribution in [1.29, 1.82) is 0 Å². The summed E-state index contributed by atoms with van der Waals surface area (Å²) >= 11 is 0. The number of rotatable bonds is 3. The van der Waals surface area contributed by atoms with Crippen LogP contribution in [0.15, 0.2) is 34.9 Å². The van der Waals surface area contributed by atoms with E-state index in [9.17, 15) is 5.11 Å². The zero-order valence-corrected chi connectivity index (χ0v) is 10.5. The van der Waals surface area contributed by atoms with E-state index >= 15 is 0 Å². The molecular weight excluding hydrogens is 212 g/mol. The molecule has 1 aromatic carbocycles. The highest BCUT2D eigenvalue weighted by molar-refractivity contribution is 5.37. The number of aliphatic hydroxyl groups excluding tert-OH is 1. The van der Waals surface area contributed by atoms with Crippen molar-refractivity contribution in [2.45, 2.75) is 33.3 Å². The maximum Gasteiger partial charge on any atom is 0.106 e. The van der Waals surface area contributed by atoms with Crippen molar-refractivity contribution < 1.29 is 9.52 Å². The first kappa shape index (κ1) is 11.9. The minimum atomic E-state index is -0.500. The summed E-state index contributed by atoms with van der Waals surface area (Å²) in [5.74, 6) is 0.815. The second-order valence-corrected chi connectivity index (χ2v) is 4.59. The molecule has 2 heteroatoms. The van der Waals surface area contributed by atoms with Gasteiger partial charge < -0.3 is 9.52 Å². The zero-order valence-electron chi connectivity index (χ0n) is 10.5. The number of furan rings is 1. The summed E-state index contributed by atoms with van der Waals surface area (Å²) in [4.78, 5) is 0. The van der Waals surface area contributed by atoms with Gasteiger partial charge in [0.25, 0.3) is 0 Å². The van der Waals surface area contributed by atoms with Gasteiger partial charge in [0.1, 0.15) is 5.76 Å². The summed E-state index contributed by atoms with van der Waals surface area (Å²) in [7, 11) is 0. The fourth-order valence-electron chi connectivity index (χ4n) is 2.07. The Morgan fingerprint density at radius 2 is 1.82 bits per heavy atom. The Labute approximate surface area is 102 Å². The maximum absolute atomic E-state index is 10.2. The molecule has 0 aliphatic heterocycles. The summed E-state index contributed by atoms with van der Waals surface area (Å²) in [6, 6.07) is 7.92. The molecule has 0 fully saturated rings. The molecule has 0 radical (unpaired) electrons. The van der Waals surface area contributed by atoms with Gasteiger partial charge in [0.15, 0.2) is 0 Å². The van der Waals surface area contributed by atoms with Crippen LogP contribution in [-0.4, -0.2) is 5.11 Å². The minimum Gasteiger partial charge on any atom is -0.469 e. The van der Waals surface area contributed by atoms with Gasteiger partial charge in [0, 0.05) is 6.42 Å². The third-order valence-electron chi connectivity index (χ3n) is 3.22. The molecule has 2 nitrogen and oxygen atoms in total. The standard InChI is InChI=1S/C15H18O2/c1-10-7-12(3)14(8-11(10)2)15(16)9-13-5-4-6-17-13/h4-8,15-16H,9H2,1-3H3. The van der Waals surface area contributed by atoms with E-state index in [0.29, 0.717) is 6.42 Å². The van der Waals surface area contributed by atoms with E-state index in [4.69, 9.17) is 4.42 Å². The predicted octanol–water partition coefficient (Wildman–Crippen LogP) is 3.48. The lowest BCUT2D eigenvalue weighted by Gasteiger charge is -2.15. The van der Waals surface area contributed by atoms with Crippen LogP contribution in [-0.2, 0) is 6.42 Å². The van der Waals surface area contributed by atoms with Gasteiger partial charge in [-0.1, -0.05) is 12.1 Å². The second-order valence-electron chi connectivity index (χ2n) is 4.59. The lowest BCUT2D eigenvalue weighted by molar-refractivity contribution is 0.169. The topological polar surface area (TPSA) is 33.4 Å². The molecule has 1 heterocycles. The smallest absolute Gasteiger partial charge is 0.106 e. The average molecular weight is 230 g/mol. The van der Waals surface area contributed by atoms with Crippen LogP contribution in [0.4, 0.5) is 0 Å². The van der Waals surface area contributed by atoms with Gasteiger partial charge in [-0.25, -0.2) is 0 Å². The number of benzene rings is 1. The van der Waals surface area contributed by atoms with E-state index < -0.39 is 6.10 Å². The summed E-state index contributed by atoms with van der Waals surface area (Å²) in [5.41, 5.74) is 4.59. The van der Waals surface area contributed by atoms with E-state index in [0.717, 1.165) is 16.9 Å². The van der Waals surface area contributed by atoms with Crippen molar-refractivity contribution in [2.75, 3.05) is 0 Å². The normalized spacial score (nSPS) is 12.7. The summed E-state index contributed by atoms with van der Waals surface area (Å²) < 4.78 is 5.26. The SMILES string of the molecule is Cc1cc(C)c(C(O)Cc2ccco2)cc1C. The quantitative estimate of drug-likeness (QED) is 0.875. The minimum absolute atomic E-state index is 0.500. The molecule has 0 aliphatic rings. The van der Waals surface area contributed by atoms with Crippen LogP contribution in [0.3, 0.4) is 0 Å². The summed E-state index contributed by atoms with van der Waals surface area (Å²) in [6.45, 7) is 6.19. The van der Waals surface area contributed by atoms with E-state index in [-0.39, 0.29) is 0 Å². The Morgan fingerprint density at radius 3 is 2.47 bits per heavy atom. The molecule has 1 unspecified atom stereocenters. The third-order valence-corrected chi connectivity index (χ3v) is 3.22. The maximum atomic E-state index is 10.2. The molecule has 2 aromatic rings. The van der Waals surface area contributed by atoms with Gasteiger partial charge in [-0.2, -0.15) is 0 Å². The van der Waals surface area contributed by atoms with Gasteiger partial charge in [-0.15, -0.1) is 0 Å².